The maximum atomic E-state index is 9.05. The van der Waals surface area contributed by atoms with E-state index in [0.29, 0.717) is 11.4 Å². The number of hydrogen-bond donors (Lipinski definition) is 1. The Labute approximate surface area is 91.1 Å². The van der Waals surface area contributed by atoms with Crippen molar-refractivity contribution in [3.8, 4) is 6.07 Å². The molecule has 0 saturated heterocycles. The summed E-state index contributed by atoms with van der Waals surface area (Å²) in [5.74, 6) is 0.717. The molecule has 0 atom stereocenters. The molecule has 1 aromatic rings. The first-order valence-electron chi connectivity index (χ1n) is 5.30. The van der Waals surface area contributed by atoms with Gasteiger partial charge in [-0.05, 0) is 31.4 Å². The smallest absolute Gasteiger partial charge is 0.144 e. The van der Waals surface area contributed by atoms with Gasteiger partial charge in [-0.2, -0.15) is 5.26 Å². The molecule has 0 saturated carbocycles. The van der Waals surface area contributed by atoms with Gasteiger partial charge in [-0.3, -0.25) is 0 Å². The van der Waals surface area contributed by atoms with Gasteiger partial charge in [0.05, 0.1) is 5.56 Å². The second-order valence-corrected chi connectivity index (χ2v) is 3.68. The maximum absolute atomic E-state index is 9.05. The number of nitrogens with zero attached hydrogens (tertiary/aromatic N) is 2. The Bertz CT molecular complexity index is 377. The second-order valence-electron chi connectivity index (χ2n) is 3.68. The highest BCUT2D eigenvalue weighted by Crippen LogP contribution is 2.18. The number of hydrogen-bond acceptors (Lipinski definition) is 3. The molecular formula is C12H17N3. The fourth-order valence-electron chi connectivity index (χ4n) is 1.35. The van der Waals surface area contributed by atoms with Crippen LogP contribution in [0.15, 0.2) is 6.20 Å². The van der Waals surface area contributed by atoms with E-state index in [1.807, 2.05) is 20.0 Å². The van der Waals surface area contributed by atoms with Crippen molar-refractivity contribution < 1.29 is 0 Å². The molecule has 0 aliphatic heterocycles. The highest BCUT2D eigenvalue weighted by molar-refractivity contribution is 5.57. The van der Waals surface area contributed by atoms with E-state index in [4.69, 9.17) is 5.26 Å². The van der Waals surface area contributed by atoms with Crippen LogP contribution in [0, 0.1) is 25.2 Å². The van der Waals surface area contributed by atoms with Gasteiger partial charge in [-0.25, -0.2) is 4.98 Å². The summed E-state index contributed by atoms with van der Waals surface area (Å²) in [7, 11) is 0. The summed E-state index contributed by atoms with van der Waals surface area (Å²) in [6, 6.07) is 2.21. The summed E-state index contributed by atoms with van der Waals surface area (Å²) in [4.78, 5) is 4.25. The zero-order chi connectivity index (χ0) is 11.3. The van der Waals surface area contributed by atoms with Gasteiger partial charge in [0, 0.05) is 12.7 Å². The molecule has 1 aromatic heterocycles. The molecule has 1 rings (SSSR count). The first kappa shape index (κ1) is 11.5. The van der Waals surface area contributed by atoms with Gasteiger partial charge in [-0.15, -0.1) is 0 Å². The van der Waals surface area contributed by atoms with Gasteiger partial charge in [0.15, 0.2) is 0 Å². The van der Waals surface area contributed by atoms with Crippen molar-refractivity contribution in [2.24, 2.45) is 0 Å². The van der Waals surface area contributed by atoms with Crippen LogP contribution in [0.1, 0.15) is 36.5 Å². The third-order valence-electron chi connectivity index (χ3n) is 2.53. The van der Waals surface area contributed by atoms with E-state index in [1.54, 1.807) is 0 Å². The van der Waals surface area contributed by atoms with Crippen molar-refractivity contribution in [1.82, 2.24) is 4.98 Å². The standard InChI is InChI=1S/C12H17N3/c1-4-5-6-14-12-11(7-13)10(3)9(2)8-15-12/h8H,4-6H2,1-3H3,(H,14,15). The molecule has 1 N–H and O–H groups in total. The molecule has 0 bridgehead atoms. The van der Waals surface area contributed by atoms with Crippen LogP contribution in [0.5, 0.6) is 0 Å². The van der Waals surface area contributed by atoms with Crippen LogP contribution in [0.2, 0.25) is 0 Å². The third-order valence-corrected chi connectivity index (χ3v) is 2.53. The molecule has 0 unspecified atom stereocenters. The minimum absolute atomic E-state index is 0.672. The molecule has 80 valence electrons. The molecule has 3 heteroatoms. The van der Waals surface area contributed by atoms with Crippen molar-refractivity contribution >= 4 is 5.82 Å². The Kier molecular flexibility index (Phi) is 4.11. The van der Waals surface area contributed by atoms with Gasteiger partial charge < -0.3 is 5.32 Å². The summed E-state index contributed by atoms with van der Waals surface area (Å²) in [6.45, 7) is 6.95. The number of unbranched alkanes of at least 4 members (excludes halogenated alkanes) is 1. The van der Waals surface area contributed by atoms with Crippen LogP contribution in [-0.2, 0) is 0 Å². The lowest BCUT2D eigenvalue weighted by Gasteiger charge is -2.09. The molecule has 1 heterocycles. The average Bonchev–Trinajstić information content (AvgIpc) is 2.24. The predicted molar refractivity (Wildman–Crippen MR) is 61.8 cm³/mol. The lowest BCUT2D eigenvalue weighted by Crippen LogP contribution is -2.06. The molecule has 0 spiro atoms. The van der Waals surface area contributed by atoms with Crippen molar-refractivity contribution in [2.75, 3.05) is 11.9 Å². The van der Waals surface area contributed by atoms with Crippen LogP contribution >= 0.6 is 0 Å². The summed E-state index contributed by atoms with van der Waals surface area (Å²) >= 11 is 0. The largest absolute Gasteiger partial charge is 0.369 e. The van der Waals surface area contributed by atoms with Crippen LogP contribution in [-0.4, -0.2) is 11.5 Å². The Hall–Kier alpha value is -1.56. The number of nitrogens with one attached hydrogen (secondary N) is 1. The third kappa shape index (κ3) is 2.69. The minimum Gasteiger partial charge on any atom is -0.369 e. The number of rotatable bonds is 4. The normalized spacial score (nSPS) is 9.73. The lowest BCUT2D eigenvalue weighted by atomic mass is 10.1. The van der Waals surface area contributed by atoms with Gasteiger partial charge in [0.1, 0.15) is 11.9 Å². The number of nitriles is 1. The van der Waals surface area contributed by atoms with E-state index in [-0.39, 0.29) is 0 Å². The summed E-state index contributed by atoms with van der Waals surface area (Å²) in [6.07, 6.45) is 4.05. The first-order valence-corrected chi connectivity index (χ1v) is 5.30. The topological polar surface area (TPSA) is 48.7 Å². The van der Waals surface area contributed by atoms with E-state index in [9.17, 15) is 0 Å². The van der Waals surface area contributed by atoms with Crippen molar-refractivity contribution in [2.45, 2.75) is 33.6 Å². The van der Waals surface area contributed by atoms with Gasteiger partial charge >= 0.3 is 0 Å². The molecule has 15 heavy (non-hydrogen) atoms. The Morgan fingerprint density at radius 3 is 2.80 bits per heavy atom. The number of pyridine rings is 1. The highest BCUT2D eigenvalue weighted by Gasteiger charge is 2.07. The molecule has 0 aliphatic rings. The Morgan fingerprint density at radius 2 is 2.20 bits per heavy atom. The average molecular weight is 203 g/mol. The molecule has 0 aliphatic carbocycles. The number of anilines is 1. The predicted octanol–water partition coefficient (Wildman–Crippen LogP) is 2.78. The van der Waals surface area contributed by atoms with Crippen molar-refractivity contribution in [3.05, 3.63) is 22.9 Å². The molecule has 0 fully saturated rings. The van der Waals surface area contributed by atoms with E-state index >= 15 is 0 Å². The fourth-order valence-corrected chi connectivity index (χ4v) is 1.35. The van der Waals surface area contributed by atoms with Gasteiger partial charge in [-0.1, -0.05) is 13.3 Å². The molecule has 3 nitrogen and oxygen atoms in total. The van der Waals surface area contributed by atoms with Crippen molar-refractivity contribution in [3.63, 3.8) is 0 Å². The fraction of sp³-hybridized carbons (Fsp3) is 0.500. The molecule has 0 radical (unpaired) electrons. The zero-order valence-corrected chi connectivity index (χ0v) is 9.59. The summed E-state index contributed by atoms with van der Waals surface area (Å²) in [5.41, 5.74) is 2.75. The Balaban J connectivity index is 2.89. The monoisotopic (exact) mass is 203 g/mol. The van der Waals surface area contributed by atoms with Gasteiger partial charge in [0.25, 0.3) is 0 Å². The minimum atomic E-state index is 0.672. The van der Waals surface area contributed by atoms with Crippen LogP contribution in [0.4, 0.5) is 5.82 Å². The van der Waals surface area contributed by atoms with Gasteiger partial charge in [0.2, 0.25) is 0 Å². The van der Waals surface area contributed by atoms with E-state index < -0.39 is 0 Å². The van der Waals surface area contributed by atoms with Crippen LogP contribution in [0.3, 0.4) is 0 Å². The first-order chi connectivity index (χ1) is 7.20. The van der Waals surface area contributed by atoms with Crippen LogP contribution < -0.4 is 5.32 Å². The Morgan fingerprint density at radius 1 is 1.47 bits per heavy atom. The number of aryl methyl sites for hydroxylation is 1. The lowest BCUT2D eigenvalue weighted by molar-refractivity contribution is 0.830. The van der Waals surface area contributed by atoms with E-state index in [0.717, 1.165) is 30.5 Å². The quantitative estimate of drug-likeness (QED) is 0.765. The maximum Gasteiger partial charge on any atom is 0.144 e. The van der Waals surface area contributed by atoms with Crippen LogP contribution in [0.25, 0.3) is 0 Å². The zero-order valence-electron chi connectivity index (χ0n) is 9.59. The molecular weight excluding hydrogens is 186 g/mol. The number of aromatic nitrogens is 1. The van der Waals surface area contributed by atoms with E-state index in [1.165, 1.54) is 0 Å². The highest BCUT2D eigenvalue weighted by atomic mass is 15.0. The van der Waals surface area contributed by atoms with Crippen molar-refractivity contribution in [1.29, 1.82) is 5.26 Å². The molecule has 0 aromatic carbocycles. The second kappa shape index (κ2) is 5.35. The van der Waals surface area contributed by atoms with E-state index in [2.05, 4.69) is 23.3 Å². The SMILES string of the molecule is CCCCNc1ncc(C)c(C)c1C#N. The summed E-state index contributed by atoms with van der Waals surface area (Å²) in [5, 5.41) is 12.2. The molecule has 0 amide bonds. The summed E-state index contributed by atoms with van der Waals surface area (Å²) < 4.78 is 0.